The van der Waals surface area contributed by atoms with Gasteiger partial charge in [-0.15, -0.1) is 11.8 Å². The van der Waals surface area contributed by atoms with E-state index in [9.17, 15) is 0 Å². The number of hydrogen-bond acceptors (Lipinski definition) is 3. The molecule has 0 amide bonds. The first-order chi connectivity index (χ1) is 8.06. The summed E-state index contributed by atoms with van der Waals surface area (Å²) < 4.78 is 0. The van der Waals surface area contributed by atoms with Crippen LogP contribution in [0.5, 0.6) is 0 Å². The standard InChI is InChI=1S/C11H12ClN3S2/c1-6-4-9(14-15-11(13)16)8-5-7(12)2-3-10(8)17-6/h2-3,5-6H,4H2,1H3,(H3,13,15,16)/t6-/m0/s1. The maximum Gasteiger partial charge on any atom is 0.184 e. The minimum atomic E-state index is 0.173. The molecular formula is C11H12ClN3S2. The van der Waals surface area contributed by atoms with Crippen LogP contribution in [0.15, 0.2) is 28.2 Å². The molecule has 2 rings (SSSR count). The average molecular weight is 286 g/mol. The van der Waals surface area contributed by atoms with E-state index in [1.165, 1.54) is 4.90 Å². The van der Waals surface area contributed by atoms with Crippen LogP contribution in [-0.2, 0) is 0 Å². The number of fused-ring (bicyclic) bond motifs is 1. The third-order valence-corrected chi connectivity index (χ3v) is 3.87. The van der Waals surface area contributed by atoms with Gasteiger partial charge in [0.2, 0.25) is 0 Å². The number of rotatable bonds is 1. The van der Waals surface area contributed by atoms with Crippen LogP contribution in [0.2, 0.25) is 5.02 Å². The van der Waals surface area contributed by atoms with E-state index in [-0.39, 0.29) is 5.11 Å². The number of thiocarbonyl (C=S) groups is 1. The van der Waals surface area contributed by atoms with Gasteiger partial charge in [-0.25, -0.2) is 0 Å². The van der Waals surface area contributed by atoms with Crippen molar-refractivity contribution < 1.29 is 0 Å². The number of nitrogens with zero attached hydrogens (tertiary/aromatic N) is 1. The van der Waals surface area contributed by atoms with E-state index in [0.29, 0.717) is 10.3 Å². The van der Waals surface area contributed by atoms with Gasteiger partial charge in [0, 0.05) is 27.2 Å². The number of thioether (sulfide) groups is 1. The summed E-state index contributed by atoms with van der Waals surface area (Å²) in [5.41, 5.74) is 10.0. The van der Waals surface area contributed by atoms with Crippen molar-refractivity contribution in [1.82, 2.24) is 5.43 Å². The summed E-state index contributed by atoms with van der Waals surface area (Å²) in [5.74, 6) is 0. The van der Waals surface area contributed by atoms with E-state index >= 15 is 0 Å². The third-order valence-electron chi connectivity index (χ3n) is 2.36. The lowest BCUT2D eigenvalue weighted by Gasteiger charge is -2.22. The summed E-state index contributed by atoms with van der Waals surface area (Å²) >= 11 is 12.6. The van der Waals surface area contributed by atoms with Gasteiger partial charge >= 0.3 is 0 Å². The van der Waals surface area contributed by atoms with Gasteiger partial charge in [0.05, 0.1) is 5.71 Å². The minimum Gasteiger partial charge on any atom is -0.375 e. The quantitative estimate of drug-likeness (QED) is 0.615. The van der Waals surface area contributed by atoms with Crippen molar-refractivity contribution in [2.24, 2.45) is 10.8 Å². The molecule has 0 unspecified atom stereocenters. The van der Waals surface area contributed by atoms with Crippen LogP contribution in [0, 0.1) is 0 Å². The Morgan fingerprint density at radius 3 is 3.12 bits per heavy atom. The molecule has 0 aromatic heterocycles. The van der Waals surface area contributed by atoms with Crippen LogP contribution >= 0.6 is 35.6 Å². The van der Waals surface area contributed by atoms with Crippen LogP contribution in [0.3, 0.4) is 0 Å². The van der Waals surface area contributed by atoms with Crippen LogP contribution in [0.25, 0.3) is 0 Å². The summed E-state index contributed by atoms with van der Waals surface area (Å²) in [6, 6.07) is 5.84. The first-order valence-electron chi connectivity index (χ1n) is 5.15. The maximum atomic E-state index is 6.01. The zero-order valence-electron chi connectivity index (χ0n) is 9.24. The molecule has 1 aliphatic rings. The molecule has 1 aliphatic heterocycles. The monoisotopic (exact) mass is 285 g/mol. The van der Waals surface area contributed by atoms with Gasteiger partial charge in [-0.2, -0.15) is 5.10 Å². The molecule has 6 heteroatoms. The van der Waals surface area contributed by atoms with Gasteiger partial charge < -0.3 is 5.73 Å². The summed E-state index contributed by atoms with van der Waals surface area (Å²) in [6.45, 7) is 2.17. The highest BCUT2D eigenvalue weighted by Crippen LogP contribution is 2.36. The number of halogens is 1. The average Bonchev–Trinajstić information content (AvgIpc) is 2.26. The Bertz CT molecular complexity index is 488. The molecule has 1 aromatic carbocycles. The molecule has 0 spiro atoms. The molecular weight excluding hydrogens is 274 g/mol. The largest absolute Gasteiger partial charge is 0.375 e. The molecule has 1 aromatic rings. The second kappa shape index (κ2) is 5.25. The Morgan fingerprint density at radius 1 is 1.65 bits per heavy atom. The fourth-order valence-corrected chi connectivity index (χ4v) is 3.04. The SMILES string of the molecule is C[C@H]1CC(=NNC(N)=S)c2cc(Cl)ccc2S1. The molecule has 0 radical (unpaired) electrons. The van der Waals surface area contributed by atoms with Crippen molar-refractivity contribution in [1.29, 1.82) is 0 Å². The van der Waals surface area contributed by atoms with Gasteiger partial charge in [0.15, 0.2) is 5.11 Å². The van der Waals surface area contributed by atoms with E-state index in [4.69, 9.17) is 29.6 Å². The molecule has 17 heavy (non-hydrogen) atoms. The van der Waals surface area contributed by atoms with Crippen LogP contribution in [0.1, 0.15) is 18.9 Å². The molecule has 0 bridgehead atoms. The molecule has 0 saturated carbocycles. The molecule has 90 valence electrons. The molecule has 3 nitrogen and oxygen atoms in total. The summed E-state index contributed by atoms with van der Waals surface area (Å²) in [4.78, 5) is 1.19. The lowest BCUT2D eigenvalue weighted by atomic mass is 10.1. The first-order valence-corrected chi connectivity index (χ1v) is 6.81. The zero-order valence-corrected chi connectivity index (χ0v) is 11.6. The summed E-state index contributed by atoms with van der Waals surface area (Å²) in [7, 11) is 0. The van der Waals surface area contributed by atoms with Crippen molar-refractivity contribution in [3.05, 3.63) is 28.8 Å². The van der Waals surface area contributed by atoms with Crippen molar-refractivity contribution in [3.63, 3.8) is 0 Å². The van der Waals surface area contributed by atoms with E-state index in [1.54, 1.807) is 0 Å². The van der Waals surface area contributed by atoms with E-state index < -0.39 is 0 Å². The van der Waals surface area contributed by atoms with Crippen LogP contribution < -0.4 is 11.2 Å². The van der Waals surface area contributed by atoms with Crippen molar-refractivity contribution >= 4 is 46.4 Å². The van der Waals surface area contributed by atoms with Crippen molar-refractivity contribution in [3.8, 4) is 0 Å². The van der Waals surface area contributed by atoms with Crippen LogP contribution in [-0.4, -0.2) is 16.1 Å². The Kier molecular flexibility index (Phi) is 3.91. The second-order valence-corrected chi connectivity index (χ2v) is 6.16. The van der Waals surface area contributed by atoms with Gasteiger partial charge in [-0.3, -0.25) is 5.43 Å². The Balaban J connectivity index is 2.39. The van der Waals surface area contributed by atoms with Crippen LogP contribution in [0.4, 0.5) is 0 Å². The highest BCUT2D eigenvalue weighted by atomic mass is 35.5. The lowest BCUT2D eigenvalue weighted by Crippen LogP contribution is -2.27. The van der Waals surface area contributed by atoms with E-state index in [1.807, 2.05) is 30.0 Å². The fraction of sp³-hybridized carbons (Fsp3) is 0.273. The molecule has 1 heterocycles. The molecule has 3 N–H and O–H groups in total. The zero-order chi connectivity index (χ0) is 12.4. The summed E-state index contributed by atoms with van der Waals surface area (Å²) in [5, 5.41) is 5.61. The van der Waals surface area contributed by atoms with Gasteiger partial charge in [-0.05, 0) is 30.4 Å². The number of nitrogens with two attached hydrogens (primary N) is 1. The molecule has 0 saturated heterocycles. The maximum absolute atomic E-state index is 6.01. The smallest absolute Gasteiger partial charge is 0.184 e. The first kappa shape index (κ1) is 12.7. The number of benzene rings is 1. The fourth-order valence-electron chi connectivity index (χ4n) is 1.70. The lowest BCUT2D eigenvalue weighted by molar-refractivity contribution is 0.949. The Labute approximate surface area is 115 Å². The molecule has 1 atom stereocenters. The highest BCUT2D eigenvalue weighted by Gasteiger charge is 2.21. The highest BCUT2D eigenvalue weighted by molar-refractivity contribution is 8.00. The predicted molar refractivity (Wildman–Crippen MR) is 77.8 cm³/mol. The van der Waals surface area contributed by atoms with Gasteiger partial charge in [-0.1, -0.05) is 18.5 Å². The van der Waals surface area contributed by atoms with Crippen molar-refractivity contribution in [2.45, 2.75) is 23.5 Å². The van der Waals surface area contributed by atoms with Gasteiger partial charge in [0.25, 0.3) is 0 Å². The number of hydrazone groups is 1. The van der Waals surface area contributed by atoms with E-state index in [2.05, 4.69) is 17.5 Å². The minimum absolute atomic E-state index is 0.173. The number of hydrogen-bond donors (Lipinski definition) is 2. The van der Waals surface area contributed by atoms with Gasteiger partial charge in [0.1, 0.15) is 0 Å². The summed E-state index contributed by atoms with van der Waals surface area (Å²) in [6.07, 6.45) is 0.869. The predicted octanol–water partition coefficient (Wildman–Crippen LogP) is 2.76. The molecule has 0 aliphatic carbocycles. The number of nitrogens with one attached hydrogen (secondary N) is 1. The third kappa shape index (κ3) is 3.12. The van der Waals surface area contributed by atoms with E-state index in [0.717, 1.165) is 17.7 Å². The Morgan fingerprint density at radius 2 is 2.41 bits per heavy atom. The van der Waals surface area contributed by atoms with Crippen molar-refractivity contribution in [2.75, 3.05) is 0 Å². The Hall–Kier alpha value is -0.780. The topological polar surface area (TPSA) is 50.4 Å². The molecule has 0 fully saturated rings. The normalized spacial score (nSPS) is 21.1. The second-order valence-electron chi connectivity index (χ2n) is 3.81.